The first-order valence-electron chi connectivity index (χ1n) is 8.39. The van der Waals surface area contributed by atoms with Crippen molar-refractivity contribution in [1.29, 1.82) is 0 Å². The Bertz CT molecular complexity index is 851. The number of nitrogens with zero attached hydrogens (tertiary/aromatic N) is 2. The number of aromatic nitrogens is 2. The highest BCUT2D eigenvalue weighted by molar-refractivity contribution is 7.13. The molecule has 0 fully saturated rings. The number of halogens is 1. The van der Waals surface area contributed by atoms with E-state index in [4.69, 9.17) is 4.42 Å². The summed E-state index contributed by atoms with van der Waals surface area (Å²) in [5.74, 6) is 0.426. The fraction of sp³-hybridized carbons (Fsp3) is 0.278. The van der Waals surface area contributed by atoms with Crippen LogP contribution in [-0.4, -0.2) is 29.2 Å². The highest BCUT2D eigenvalue weighted by atomic mass is 32.1. The van der Waals surface area contributed by atoms with Crippen LogP contribution in [0.1, 0.15) is 19.2 Å². The second-order valence-electron chi connectivity index (χ2n) is 5.89. The van der Waals surface area contributed by atoms with Crippen LogP contribution in [0.2, 0.25) is 0 Å². The van der Waals surface area contributed by atoms with Gasteiger partial charge >= 0.3 is 0 Å². The normalized spacial score (nSPS) is 12.1. The van der Waals surface area contributed by atoms with E-state index in [1.54, 1.807) is 12.1 Å². The molecule has 3 rings (SSSR count). The maximum absolute atomic E-state index is 13.2. The molecule has 2 aromatic heterocycles. The van der Waals surface area contributed by atoms with E-state index in [1.807, 2.05) is 17.5 Å². The van der Waals surface area contributed by atoms with Crippen LogP contribution in [-0.2, 0) is 11.3 Å². The van der Waals surface area contributed by atoms with Gasteiger partial charge < -0.3 is 14.6 Å². The number of amides is 1. The Labute approximate surface area is 154 Å². The van der Waals surface area contributed by atoms with Crippen LogP contribution in [0.5, 0.6) is 0 Å². The number of benzene rings is 1. The quantitative estimate of drug-likeness (QED) is 0.634. The lowest BCUT2D eigenvalue weighted by molar-refractivity contribution is -0.907. The molecule has 3 aromatic rings. The molecule has 0 aliphatic rings. The van der Waals surface area contributed by atoms with Crippen molar-refractivity contribution >= 4 is 22.9 Å². The summed E-state index contributed by atoms with van der Waals surface area (Å²) in [6.45, 7) is 3.53. The number of hydrogen-bond donors (Lipinski definition) is 2. The van der Waals surface area contributed by atoms with Crippen molar-refractivity contribution in [2.45, 2.75) is 19.9 Å². The van der Waals surface area contributed by atoms with Crippen molar-refractivity contribution in [2.75, 3.05) is 18.4 Å². The van der Waals surface area contributed by atoms with E-state index < -0.39 is 0 Å². The molecule has 1 atom stereocenters. The molecule has 0 saturated carbocycles. The Morgan fingerprint density at radius 2 is 2.19 bits per heavy atom. The molecule has 0 spiro atoms. The zero-order valence-electron chi connectivity index (χ0n) is 14.4. The van der Waals surface area contributed by atoms with Gasteiger partial charge in [0.1, 0.15) is 5.82 Å². The standard InChI is InChI=1S/C18H19FN4O2S/c1-2-8-23(11-16(24)20-14-6-3-5-13(19)10-14)12-17-21-22-18(25-17)15-7-4-9-26-15/h3-7,9-10H,2,8,11-12H2,1H3,(H,20,24)/p+1. The van der Waals surface area contributed by atoms with Crippen LogP contribution in [0.3, 0.4) is 0 Å². The largest absolute Gasteiger partial charge is 0.414 e. The molecule has 1 unspecified atom stereocenters. The summed E-state index contributed by atoms with van der Waals surface area (Å²) in [7, 11) is 0. The molecule has 2 heterocycles. The van der Waals surface area contributed by atoms with Crippen molar-refractivity contribution in [1.82, 2.24) is 10.2 Å². The van der Waals surface area contributed by atoms with Gasteiger partial charge in [-0.2, -0.15) is 0 Å². The Morgan fingerprint density at radius 1 is 1.31 bits per heavy atom. The van der Waals surface area contributed by atoms with Crippen molar-refractivity contribution in [2.24, 2.45) is 0 Å². The van der Waals surface area contributed by atoms with Gasteiger partial charge in [0.25, 0.3) is 17.7 Å². The van der Waals surface area contributed by atoms with Gasteiger partial charge in [-0.1, -0.05) is 19.1 Å². The number of thiophene rings is 1. The van der Waals surface area contributed by atoms with Crippen molar-refractivity contribution < 1.29 is 18.5 Å². The topological polar surface area (TPSA) is 72.5 Å². The van der Waals surface area contributed by atoms with Crippen LogP contribution < -0.4 is 10.2 Å². The Morgan fingerprint density at radius 3 is 2.92 bits per heavy atom. The highest BCUT2D eigenvalue weighted by Crippen LogP contribution is 2.22. The molecular weight excluding hydrogens is 355 g/mol. The molecule has 1 amide bonds. The Hall–Kier alpha value is -2.58. The number of anilines is 1. The minimum atomic E-state index is -0.382. The van der Waals surface area contributed by atoms with Crippen molar-refractivity contribution in [3.63, 3.8) is 0 Å². The molecule has 136 valence electrons. The minimum Gasteiger partial charge on any atom is -0.414 e. The highest BCUT2D eigenvalue weighted by Gasteiger charge is 2.19. The average Bonchev–Trinajstić information content (AvgIpc) is 3.26. The first kappa shape index (κ1) is 18.2. The van der Waals surface area contributed by atoms with Gasteiger partial charge in [-0.3, -0.25) is 4.79 Å². The molecule has 0 saturated heterocycles. The van der Waals surface area contributed by atoms with Crippen LogP contribution in [0.15, 0.2) is 46.2 Å². The van der Waals surface area contributed by atoms with Gasteiger partial charge in [-0.05, 0) is 36.1 Å². The van der Waals surface area contributed by atoms with E-state index in [2.05, 4.69) is 22.4 Å². The summed E-state index contributed by atoms with van der Waals surface area (Å²) in [4.78, 5) is 14.2. The van der Waals surface area contributed by atoms with Crippen LogP contribution in [0.25, 0.3) is 10.8 Å². The lowest BCUT2D eigenvalue weighted by atomic mass is 10.3. The number of carbonyl (C=O) groups is 1. The monoisotopic (exact) mass is 375 g/mol. The second kappa shape index (κ2) is 8.68. The molecule has 6 nitrogen and oxygen atoms in total. The summed E-state index contributed by atoms with van der Waals surface area (Å²) < 4.78 is 18.9. The van der Waals surface area contributed by atoms with E-state index in [9.17, 15) is 9.18 Å². The number of carbonyl (C=O) groups excluding carboxylic acids is 1. The third-order valence-corrected chi connectivity index (χ3v) is 4.58. The van der Waals surface area contributed by atoms with Gasteiger partial charge in [0.05, 0.1) is 11.4 Å². The van der Waals surface area contributed by atoms with Gasteiger partial charge in [0.2, 0.25) is 0 Å². The molecule has 8 heteroatoms. The zero-order chi connectivity index (χ0) is 18.4. The average molecular weight is 375 g/mol. The number of hydrogen-bond acceptors (Lipinski definition) is 5. The summed E-state index contributed by atoms with van der Waals surface area (Å²) in [5, 5.41) is 12.8. The predicted octanol–water partition coefficient (Wildman–Crippen LogP) is 2.37. The summed E-state index contributed by atoms with van der Waals surface area (Å²) in [6.07, 6.45) is 0.911. The molecule has 0 radical (unpaired) electrons. The maximum atomic E-state index is 13.2. The third kappa shape index (κ3) is 4.96. The van der Waals surface area contributed by atoms with E-state index in [1.165, 1.54) is 23.5 Å². The maximum Gasteiger partial charge on any atom is 0.279 e. The Kier molecular flexibility index (Phi) is 6.08. The van der Waals surface area contributed by atoms with Crippen LogP contribution in [0.4, 0.5) is 10.1 Å². The first-order chi connectivity index (χ1) is 12.6. The molecule has 0 aliphatic carbocycles. The van der Waals surface area contributed by atoms with Crippen LogP contribution >= 0.6 is 11.3 Å². The number of quaternary nitrogens is 1. The molecule has 0 bridgehead atoms. The molecule has 0 aliphatic heterocycles. The van der Waals surface area contributed by atoms with Crippen molar-refractivity contribution in [3.05, 3.63) is 53.5 Å². The van der Waals surface area contributed by atoms with Gasteiger partial charge in [0.15, 0.2) is 13.1 Å². The summed E-state index contributed by atoms with van der Waals surface area (Å²) in [6, 6.07) is 9.70. The molecule has 2 N–H and O–H groups in total. The molecule has 26 heavy (non-hydrogen) atoms. The Balaban J connectivity index is 1.61. The second-order valence-corrected chi connectivity index (χ2v) is 6.84. The van der Waals surface area contributed by atoms with E-state index in [-0.39, 0.29) is 18.3 Å². The molecule has 1 aromatic carbocycles. The number of nitrogens with one attached hydrogen (secondary N) is 2. The zero-order valence-corrected chi connectivity index (χ0v) is 15.2. The lowest BCUT2D eigenvalue weighted by Crippen LogP contribution is -3.11. The van der Waals surface area contributed by atoms with Crippen molar-refractivity contribution in [3.8, 4) is 10.8 Å². The summed E-state index contributed by atoms with van der Waals surface area (Å²) >= 11 is 1.53. The third-order valence-electron chi connectivity index (χ3n) is 3.72. The summed E-state index contributed by atoms with van der Waals surface area (Å²) in [5.41, 5.74) is 0.448. The first-order valence-corrected chi connectivity index (χ1v) is 9.27. The van der Waals surface area contributed by atoms with Crippen LogP contribution in [0, 0.1) is 5.82 Å². The van der Waals surface area contributed by atoms with Gasteiger partial charge in [-0.15, -0.1) is 21.5 Å². The SMILES string of the molecule is CCC[NH+](CC(=O)Nc1cccc(F)c1)Cc1nnc(-c2cccs2)o1. The fourth-order valence-corrected chi connectivity index (χ4v) is 3.27. The van der Waals surface area contributed by atoms with Gasteiger partial charge in [-0.25, -0.2) is 4.39 Å². The predicted molar refractivity (Wildman–Crippen MR) is 97.3 cm³/mol. The minimum absolute atomic E-state index is 0.183. The van der Waals surface area contributed by atoms with Gasteiger partial charge in [0, 0.05) is 5.69 Å². The van der Waals surface area contributed by atoms with E-state index in [0.29, 0.717) is 24.0 Å². The molecular formula is C18H20FN4O2S+. The number of rotatable bonds is 8. The smallest absolute Gasteiger partial charge is 0.279 e. The lowest BCUT2D eigenvalue weighted by Gasteiger charge is -2.16. The fourth-order valence-electron chi connectivity index (χ4n) is 2.63. The van der Waals surface area contributed by atoms with E-state index >= 15 is 0 Å². The van der Waals surface area contributed by atoms with E-state index in [0.717, 1.165) is 22.7 Å².